The monoisotopic (exact) mass is 276 g/mol. The molecule has 4 nitrogen and oxygen atoms in total. The average molecular weight is 276 g/mol. The lowest BCUT2D eigenvalue weighted by Gasteiger charge is -2.24. The van der Waals surface area contributed by atoms with Crippen molar-refractivity contribution in [2.45, 2.75) is 32.4 Å². The van der Waals surface area contributed by atoms with Crippen LogP contribution in [-0.4, -0.2) is 42.3 Å². The van der Waals surface area contributed by atoms with Crippen molar-refractivity contribution >= 4 is 0 Å². The van der Waals surface area contributed by atoms with Gasteiger partial charge in [0.25, 0.3) is 0 Å². The van der Waals surface area contributed by atoms with E-state index in [1.54, 1.807) is 0 Å². The minimum Gasteiger partial charge on any atom is -0.504 e. The second-order valence-electron chi connectivity index (χ2n) is 5.85. The van der Waals surface area contributed by atoms with Gasteiger partial charge < -0.3 is 15.2 Å². The fourth-order valence-electron chi connectivity index (χ4n) is 3.47. The summed E-state index contributed by atoms with van der Waals surface area (Å²) in [4.78, 5) is 2.44. The highest BCUT2D eigenvalue weighted by atomic mass is 16.5. The van der Waals surface area contributed by atoms with E-state index in [1.807, 2.05) is 25.1 Å². The number of nitrogens with one attached hydrogen (secondary N) is 1. The fraction of sp³-hybridized carbons (Fsp3) is 0.625. The van der Waals surface area contributed by atoms with Gasteiger partial charge in [0.1, 0.15) is 0 Å². The number of rotatable bonds is 4. The molecule has 0 aliphatic carbocycles. The van der Waals surface area contributed by atoms with Crippen LogP contribution < -0.4 is 10.1 Å². The molecule has 0 saturated carbocycles. The Bertz CT molecular complexity index is 450. The van der Waals surface area contributed by atoms with E-state index < -0.39 is 0 Å². The molecule has 2 fully saturated rings. The zero-order valence-electron chi connectivity index (χ0n) is 12.1. The van der Waals surface area contributed by atoms with Crippen LogP contribution in [0.25, 0.3) is 0 Å². The average Bonchev–Trinajstić information content (AvgIpc) is 2.86. The third-order valence-corrected chi connectivity index (χ3v) is 4.45. The van der Waals surface area contributed by atoms with E-state index in [2.05, 4.69) is 10.2 Å². The Morgan fingerprint density at radius 1 is 1.40 bits per heavy atom. The summed E-state index contributed by atoms with van der Waals surface area (Å²) in [6, 6.07) is 6.42. The van der Waals surface area contributed by atoms with Crippen LogP contribution in [-0.2, 0) is 6.54 Å². The largest absolute Gasteiger partial charge is 0.504 e. The minimum absolute atomic E-state index is 0.303. The van der Waals surface area contributed by atoms with Gasteiger partial charge in [-0.15, -0.1) is 0 Å². The van der Waals surface area contributed by atoms with Crippen molar-refractivity contribution in [2.24, 2.45) is 5.92 Å². The SMILES string of the molecule is CCOc1cccc(CN2CC3CCCNC3C2)c1O. The lowest BCUT2D eigenvalue weighted by molar-refractivity contribution is 0.295. The van der Waals surface area contributed by atoms with Crippen LogP contribution in [0.3, 0.4) is 0 Å². The second kappa shape index (κ2) is 6.02. The number of phenolic OH excluding ortho intramolecular Hbond substituents is 1. The third kappa shape index (κ3) is 2.76. The number of piperidine rings is 1. The van der Waals surface area contributed by atoms with Gasteiger partial charge in [-0.25, -0.2) is 0 Å². The molecule has 2 aliphatic rings. The first kappa shape index (κ1) is 13.7. The van der Waals surface area contributed by atoms with Crippen molar-refractivity contribution in [1.29, 1.82) is 0 Å². The number of aromatic hydroxyl groups is 1. The molecule has 1 aromatic rings. The number of fused-ring (bicyclic) bond motifs is 1. The molecular formula is C16H24N2O2. The van der Waals surface area contributed by atoms with E-state index in [1.165, 1.54) is 12.8 Å². The molecule has 3 rings (SSSR count). The molecule has 2 saturated heterocycles. The molecule has 2 unspecified atom stereocenters. The van der Waals surface area contributed by atoms with Crippen molar-refractivity contribution in [3.63, 3.8) is 0 Å². The lowest BCUT2D eigenvalue weighted by Crippen LogP contribution is -2.40. The first-order valence-corrected chi connectivity index (χ1v) is 7.67. The van der Waals surface area contributed by atoms with Crippen molar-refractivity contribution in [3.8, 4) is 11.5 Å². The molecule has 0 amide bonds. The van der Waals surface area contributed by atoms with E-state index in [0.29, 0.717) is 24.1 Å². The second-order valence-corrected chi connectivity index (χ2v) is 5.85. The van der Waals surface area contributed by atoms with Gasteiger partial charge in [-0.2, -0.15) is 0 Å². The van der Waals surface area contributed by atoms with Gasteiger partial charge in [-0.05, 0) is 38.3 Å². The molecule has 1 aromatic carbocycles. The Balaban J connectivity index is 1.67. The molecule has 2 N–H and O–H groups in total. The van der Waals surface area contributed by atoms with Crippen LogP contribution in [0, 0.1) is 5.92 Å². The Hall–Kier alpha value is -1.26. The minimum atomic E-state index is 0.303. The van der Waals surface area contributed by atoms with Crippen molar-refractivity contribution < 1.29 is 9.84 Å². The standard InChI is InChI=1S/C16H24N2O2/c1-2-20-15-7-3-5-13(16(15)19)10-18-9-12-6-4-8-17-14(12)11-18/h3,5,7,12,14,17,19H,2,4,6,8-11H2,1H3. The third-order valence-electron chi connectivity index (χ3n) is 4.45. The fourth-order valence-corrected chi connectivity index (χ4v) is 3.47. The molecule has 0 bridgehead atoms. The van der Waals surface area contributed by atoms with Gasteiger partial charge in [0.05, 0.1) is 6.61 Å². The lowest BCUT2D eigenvalue weighted by atomic mass is 9.94. The molecule has 0 radical (unpaired) electrons. The number of benzene rings is 1. The molecule has 0 aromatic heterocycles. The van der Waals surface area contributed by atoms with Gasteiger partial charge >= 0.3 is 0 Å². The Labute approximate surface area is 120 Å². The first-order chi connectivity index (χ1) is 9.78. The maximum absolute atomic E-state index is 10.3. The highest BCUT2D eigenvalue weighted by Gasteiger charge is 2.34. The van der Waals surface area contributed by atoms with Crippen LogP contribution in [0.15, 0.2) is 18.2 Å². The molecule has 2 atom stereocenters. The van der Waals surface area contributed by atoms with Crippen LogP contribution >= 0.6 is 0 Å². The van der Waals surface area contributed by atoms with Gasteiger partial charge in [0, 0.05) is 31.2 Å². The van der Waals surface area contributed by atoms with Crippen molar-refractivity contribution in [3.05, 3.63) is 23.8 Å². The summed E-state index contributed by atoms with van der Waals surface area (Å²) in [6.45, 7) is 6.69. The van der Waals surface area contributed by atoms with E-state index in [-0.39, 0.29) is 0 Å². The Kier molecular flexibility index (Phi) is 4.13. The highest BCUT2D eigenvalue weighted by Crippen LogP contribution is 2.32. The van der Waals surface area contributed by atoms with Crippen LogP contribution in [0.2, 0.25) is 0 Å². The molecule has 110 valence electrons. The predicted molar refractivity (Wildman–Crippen MR) is 79.1 cm³/mol. The quantitative estimate of drug-likeness (QED) is 0.882. The van der Waals surface area contributed by atoms with Crippen molar-refractivity contribution in [1.82, 2.24) is 10.2 Å². The Morgan fingerprint density at radius 3 is 3.10 bits per heavy atom. The van der Waals surface area contributed by atoms with E-state index in [0.717, 1.165) is 37.7 Å². The number of phenols is 1. The number of ether oxygens (including phenoxy) is 1. The zero-order chi connectivity index (χ0) is 13.9. The summed E-state index contributed by atoms with van der Waals surface area (Å²) in [7, 11) is 0. The smallest absolute Gasteiger partial charge is 0.162 e. The van der Waals surface area contributed by atoms with Gasteiger partial charge in [0.2, 0.25) is 0 Å². The summed E-state index contributed by atoms with van der Waals surface area (Å²) >= 11 is 0. The molecule has 20 heavy (non-hydrogen) atoms. The summed E-state index contributed by atoms with van der Waals surface area (Å²) in [5.74, 6) is 1.68. The highest BCUT2D eigenvalue weighted by molar-refractivity contribution is 5.45. The molecular weight excluding hydrogens is 252 g/mol. The zero-order valence-corrected chi connectivity index (χ0v) is 12.1. The molecule has 2 aliphatic heterocycles. The number of para-hydroxylation sites is 1. The summed E-state index contributed by atoms with van der Waals surface area (Å²) in [6.07, 6.45) is 2.62. The number of likely N-dealkylation sites (tertiary alicyclic amines) is 1. The summed E-state index contributed by atoms with van der Waals surface area (Å²) in [5, 5.41) is 13.9. The molecule has 2 heterocycles. The van der Waals surface area contributed by atoms with Gasteiger partial charge in [-0.1, -0.05) is 12.1 Å². The predicted octanol–water partition coefficient (Wildman–Crippen LogP) is 1.97. The van der Waals surface area contributed by atoms with Crippen molar-refractivity contribution in [2.75, 3.05) is 26.2 Å². The normalized spacial score (nSPS) is 26.4. The van der Waals surface area contributed by atoms with Gasteiger partial charge in [-0.3, -0.25) is 4.90 Å². The number of nitrogens with zero attached hydrogens (tertiary/aromatic N) is 1. The van der Waals surface area contributed by atoms with E-state index in [9.17, 15) is 5.11 Å². The summed E-state index contributed by atoms with van der Waals surface area (Å²) < 4.78 is 5.46. The van der Waals surface area contributed by atoms with Crippen LogP contribution in [0.5, 0.6) is 11.5 Å². The van der Waals surface area contributed by atoms with Gasteiger partial charge in [0.15, 0.2) is 11.5 Å². The maximum atomic E-state index is 10.3. The molecule has 0 spiro atoms. The first-order valence-electron chi connectivity index (χ1n) is 7.67. The van der Waals surface area contributed by atoms with E-state index >= 15 is 0 Å². The van der Waals surface area contributed by atoms with Crippen LogP contribution in [0.4, 0.5) is 0 Å². The number of hydrogen-bond acceptors (Lipinski definition) is 4. The molecule has 4 heteroatoms. The Morgan fingerprint density at radius 2 is 2.30 bits per heavy atom. The summed E-state index contributed by atoms with van der Waals surface area (Å²) in [5.41, 5.74) is 0.967. The van der Waals surface area contributed by atoms with Crippen LogP contribution in [0.1, 0.15) is 25.3 Å². The maximum Gasteiger partial charge on any atom is 0.162 e. The number of hydrogen-bond donors (Lipinski definition) is 2. The topological polar surface area (TPSA) is 44.7 Å². The van der Waals surface area contributed by atoms with E-state index in [4.69, 9.17) is 4.74 Å².